The van der Waals surface area contributed by atoms with Gasteiger partial charge >= 0.3 is 6.03 Å². The number of morpholine rings is 1. The van der Waals surface area contributed by atoms with Gasteiger partial charge in [-0.15, -0.1) is 10.2 Å². The van der Waals surface area contributed by atoms with Crippen molar-refractivity contribution in [1.82, 2.24) is 25.0 Å². The summed E-state index contributed by atoms with van der Waals surface area (Å²) in [6.45, 7) is 4.10. The fourth-order valence-corrected chi connectivity index (χ4v) is 2.45. The SMILES string of the molecule is C[C@@H]1CN(C(=O)NCc2nncn2-c2ccccc2)CCO1. The average molecular weight is 301 g/mol. The maximum atomic E-state index is 12.2. The van der Waals surface area contributed by atoms with E-state index in [9.17, 15) is 4.79 Å². The number of nitrogens with one attached hydrogen (secondary N) is 1. The Balaban J connectivity index is 1.63. The monoisotopic (exact) mass is 301 g/mol. The second-order valence-electron chi connectivity index (χ2n) is 5.24. The second-order valence-corrected chi connectivity index (χ2v) is 5.24. The lowest BCUT2D eigenvalue weighted by molar-refractivity contribution is -0.00354. The van der Waals surface area contributed by atoms with E-state index in [2.05, 4.69) is 15.5 Å². The van der Waals surface area contributed by atoms with E-state index in [4.69, 9.17) is 4.74 Å². The molecule has 0 spiro atoms. The average Bonchev–Trinajstić information content (AvgIpc) is 3.02. The summed E-state index contributed by atoms with van der Waals surface area (Å²) in [6, 6.07) is 9.70. The molecule has 2 amide bonds. The second kappa shape index (κ2) is 6.57. The van der Waals surface area contributed by atoms with Crippen molar-refractivity contribution < 1.29 is 9.53 Å². The van der Waals surface area contributed by atoms with Crippen LogP contribution in [-0.2, 0) is 11.3 Å². The predicted molar refractivity (Wildman–Crippen MR) is 80.6 cm³/mol. The molecule has 0 bridgehead atoms. The molecule has 2 aromatic rings. The number of amides is 2. The van der Waals surface area contributed by atoms with Crippen LogP contribution in [0.3, 0.4) is 0 Å². The molecule has 1 aliphatic heterocycles. The van der Waals surface area contributed by atoms with Crippen LogP contribution in [0.5, 0.6) is 0 Å². The molecule has 22 heavy (non-hydrogen) atoms. The number of hydrogen-bond acceptors (Lipinski definition) is 4. The van der Waals surface area contributed by atoms with Gasteiger partial charge in [0.1, 0.15) is 6.33 Å². The van der Waals surface area contributed by atoms with Gasteiger partial charge in [0.15, 0.2) is 5.82 Å². The van der Waals surface area contributed by atoms with Crippen molar-refractivity contribution in [3.63, 3.8) is 0 Å². The molecule has 0 unspecified atom stereocenters. The van der Waals surface area contributed by atoms with Gasteiger partial charge in [-0.2, -0.15) is 0 Å². The highest BCUT2D eigenvalue weighted by Gasteiger charge is 2.21. The summed E-state index contributed by atoms with van der Waals surface area (Å²) in [4.78, 5) is 13.9. The summed E-state index contributed by atoms with van der Waals surface area (Å²) in [7, 11) is 0. The van der Waals surface area contributed by atoms with E-state index in [1.807, 2.05) is 41.8 Å². The fourth-order valence-electron chi connectivity index (χ4n) is 2.45. The lowest BCUT2D eigenvalue weighted by atomic mass is 10.3. The molecule has 0 aliphatic carbocycles. The smallest absolute Gasteiger partial charge is 0.317 e. The van der Waals surface area contributed by atoms with E-state index in [1.54, 1.807) is 11.2 Å². The molecule has 3 rings (SSSR count). The predicted octanol–water partition coefficient (Wildman–Crippen LogP) is 1.20. The molecule has 1 aromatic heterocycles. The molecule has 7 nitrogen and oxygen atoms in total. The van der Waals surface area contributed by atoms with E-state index < -0.39 is 0 Å². The van der Waals surface area contributed by atoms with Gasteiger partial charge < -0.3 is 15.0 Å². The third kappa shape index (κ3) is 3.25. The van der Waals surface area contributed by atoms with Crippen LogP contribution in [0.25, 0.3) is 5.69 Å². The third-order valence-electron chi connectivity index (χ3n) is 3.58. The molecule has 1 saturated heterocycles. The third-order valence-corrected chi connectivity index (χ3v) is 3.58. The number of hydrogen-bond donors (Lipinski definition) is 1. The molecular formula is C15H19N5O2. The van der Waals surface area contributed by atoms with Crippen molar-refractivity contribution in [2.75, 3.05) is 19.7 Å². The van der Waals surface area contributed by atoms with Crippen molar-refractivity contribution in [2.24, 2.45) is 0 Å². The van der Waals surface area contributed by atoms with E-state index in [-0.39, 0.29) is 12.1 Å². The molecule has 1 fully saturated rings. The first kappa shape index (κ1) is 14.5. The number of carbonyl (C=O) groups excluding carboxylic acids is 1. The van der Waals surface area contributed by atoms with Gasteiger partial charge in [0.25, 0.3) is 0 Å². The molecule has 116 valence electrons. The Kier molecular flexibility index (Phi) is 4.34. The molecule has 1 atom stereocenters. The van der Waals surface area contributed by atoms with Crippen LogP contribution >= 0.6 is 0 Å². The summed E-state index contributed by atoms with van der Waals surface area (Å²) >= 11 is 0. The van der Waals surface area contributed by atoms with Crippen LogP contribution in [0.15, 0.2) is 36.7 Å². The Morgan fingerprint density at radius 2 is 2.23 bits per heavy atom. The molecule has 0 saturated carbocycles. The number of ether oxygens (including phenoxy) is 1. The number of rotatable bonds is 3. The number of carbonyl (C=O) groups is 1. The van der Waals surface area contributed by atoms with Crippen molar-refractivity contribution in [1.29, 1.82) is 0 Å². The van der Waals surface area contributed by atoms with Gasteiger partial charge in [0, 0.05) is 18.8 Å². The minimum absolute atomic E-state index is 0.0764. The fraction of sp³-hybridized carbons (Fsp3) is 0.400. The Morgan fingerprint density at radius 3 is 3.00 bits per heavy atom. The Bertz CT molecular complexity index is 628. The van der Waals surface area contributed by atoms with E-state index in [1.165, 1.54) is 0 Å². The molecule has 7 heteroatoms. The molecule has 1 aromatic carbocycles. The van der Waals surface area contributed by atoms with Crippen LogP contribution in [0.4, 0.5) is 4.79 Å². The first-order valence-corrected chi connectivity index (χ1v) is 7.33. The maximum Gasteiger partial charge on any atom is 0.317 e. The topological polar surface area (TPSA) is 72.3 Å². The number of aromatic nitrogens is 3. The summed E-state index contributed by atoms with van der Waals surface area (Å²) < 4.78 is 7.30. The summed E-state index contributed by atoms with van der Waals surface area (Å²) in [6.07, 6.45) is 1.72. The van der Waals surface area contributed by atoms with Gasteiger partial charge in [0.2, 0.25) is 0 Å². The number of benzene rings is 1. The van der Waals surface area contributed by atoms with Crippen LogP contribution in [0.2, 0.25) is 0 Å². The quantitative estimate of drug-likeness (QED) is 0.924. The zero-order chi connectivity index (χ0) is 15.4. The first-order chi connectivity index (χ1) is 10.7. The van der Waals surface area contributed by atoms with E-state index >= 15 is 0 Å². The number of para-hydroxylation sites is 1. The highest BCUT2D eigenvalue weighted by atomic mass is 16.5. The highest BCUT2D eigenvalue weighted by Crippen LogP contribution is 2.09. The van der Waals surface area contributed by atoms with Crippen molar-refractivity contribution in [2.45, 2.75) is 19.6 Å². The number of urea groups is 1. The molecule has 1 N–H and O–H groups in total. The lowest BCUT2D eigenvalue weighted by Gasteiger charge is -2.31. The van der Waals surface area contributed by atoms with Gasteiger partial charge in [-0.1, -0.05) is 18.2 Å². The van der Waals surface area contributed by atoms with Gasteiger partial charge in [-0.25, -0.2) is 4.79 Å². The van der Waals surface area contributed by atoms with Crippen LogP contribution in [-0.4, -0.2) is 51.5 Å². The van der Waals surface area contributed by atoms with Crippen molar-refractivity contribution >= 4 is 6.03 Å². The Morgan fingerprint density at radius 1 is 1.41 bits per heavy atom. The minimum atomic E-state index is -0.0993. The molecule has 1 aliphatic rings. The van der Waals surface area contributed by atoms with Gasteiger partial charge in [0.05, 0.1) is 19.3 Å². The Labute approximate surface area is 128 Å². The molecular weight excluding hydrogens is 282 g/mol. The number of nitrogens with zero attached hydrogens (tertiary/aromatic N) is 4. The first-order valence-electron chi connectivity index (χ1n) is 7.33. The minimum Gasteiger partial charge on any atom is -0.375 e. The standard InChI is InChI=1S/C15H19N5O2/c1-12-10-19(7-8-22-12)15(21)16-9-14-18-17-11-20(14)13-5-3-2-4-6-13/h2-6,11-12H,7-10H2,1H3,(H,16,21)/t12-/m1/s1. The van der Waals surface area contributed by atoms with Crippen molar-refractivity contribution in [3.8, 4) is 5.69 Å². The summed E-state index contributed by atoms with van der Waals surface area (Å²) in [5.74, 6) is 0.695. The maximum absolute atomic E-state index is 12.2. The largest absolute Gasteiger partial charge is 0.375 e. The van der Waals surface area contributed by atoms with Crippen LogP contribution < -0.4 is 5.32 Å². The van der Waals surface area contributed by atoms with Crippen LogP contribution in [0.1, 0.15) is 12.7 Å². The van der Waals surface area contributed by atoms with E-state index in [0.717, 1.165) is 5.69 Å². The van der Waals surface area contributed by atoms with Gasteiger partial charge in [-0.3, -0.25) is 4.57 Å². The Hall–Kier alpha value is -2.41. The summed E-state index contributed by atoms with van der Waals surface area (Å²) in [5, 5.41) is 10.9. The van der Waals surface area contributed by atoms with Crippen molar-refractivity contribution in [3.05, 3.63) is 42.5 Å². The van der Waals surface area contributed by atoms with Crippen LogP contribution in [0, 0.1) is 0 Å². The zero-order valence-electron chi connectivity index (χ0n) is 12.5. The molecule has 0 radical (unpaired) electrons. The zero-order valence-corrected chi connectivity index (χ0v) is 12.5. The lowest BCUT2D eigenvalue weighted by Crippen LogP contribution is -2.48. The molecule has 2 heterocycles. The van der Waals surface area contributed by atoms with E-state index in [0.29, 0.717) is 32.1 Å². The summed E-state index contributed by atoms with van der Waals surface area (Å²) in [5.41, 5.74) is 0.969. The van der Waals surface area contributed by atoms with Gasteiger partial charge in [-0.05, 0) is 19.1 Å². The highest BCUT2D eigenvalue weighted by molar-refractivity contribution is 5.74. The normalized spacial score (nSPS) is 18.2.